The predicted octanol–water partition coefficient (Wildman–Crippen LogP) is 1.47. The lowest BCUT2D eigenvalue weighted by molar-refractivity contribution is 0.0724. The molecule has 0 aromatic heterocycles. The van der Waals surface area contributed by atoms with Crippen LogP contribution in [0, 0.1) is 0 Å². The van der Waals surface area contributed by atoms with Gasteiger partial charge < -0.3 is 15.5 Å². The highest BCUT2D eigenvalue weighted by atomic mass is 35.5. The summed E-state index contributed by atoms with van der Waals surface area (Å²) in [6.07, 6.45) is 0. The number of carbonyl (C=O) groups is 1. The summed E-state index contributed by atoms with van der Waals surface area (Å²) in [7, 11) is 0. The number of rotatable bonds is 4. The minimum atomic E-state index is -1.11. The number of hydrogen-bond acceptors (Lipinski definition) is 3. The Labute approximate surface area is 109 Å². The van der Waals surface area contributed by atoms with E-state index >= 15 is 0 Å². The maximum Gasteiger partial charge on any atom is 0.254 e. The number of aliphatic hydroxyl groups is 2. The molecule has 0 fully saturated rings. The molecule has 94 valence electrons. The lowest BCUT2D eigenvalue weighted by Crippen LogP contribution is -2.51. The van der Waals surface area contributed by atoms with Gasteiger partial charge in [-0.3, -0.25) is 4.79 Å². The van der Waals surface area contributed by atoms with Crippen LogP contribution in [0.4, 0.5) is 0 Å². The maximum atomic E-state index is 11.9. The topological polar surface area (TPSA) is 69.6 Å². The minimum absolute atomic E-state index is 0.129. The Balaban J connectivity index is 2.98. The average molecular weight is 278 g/mol. The first-order valence-electron chi connectivity index (χ1n) is 4.92. The van der Waals surface area contributed by atoms with E-state index in [1.807, 2.05) is 0 Å². The van der Waals surface area contributed by atoms with Gasteiger partial charge in [-0.2, -0.15) is 0 Å². The monoisotopic (exact) mass is 277 g/mol. The van der Waals surface area contributed by atoms with Crippen LogP contribution in [0.5, 0.6) is 0 Å². The van der Waals surface area contributed by atoms with Crippen LogP contribution in [0.3, 0.4) is 0 Å². The van der Waals surface area contributed by atoms with Crippen LogP contribution in [-0.2, 0) is 0 Å². The van der Waals surface area contributed by atoms with Crippen molar-refractivity contribution in [1.82, 2.24) is 5.32 Å². The zero-order valence-corrected chi connectivity index (χ0v) is 10.7. The van der Waals surface area contributed by atoms with Crippen LogP contribution in [0.15, 0.2) is 18.2 Å². The Hall–Kier alpha value is -0.810. The van der Waals surface area contributed by atoms with Gasteiger partial charge in [-0.05, 0) is 19.1 Å². The summed E-state index contributed by atoms with van der Waals surface area (Å²) in [5.74, 6) is -0.536. The molecule has 0 aliphatic carbocycles. The average Bonchev–Trinajstić information content (AvgIpc) is 2.28. The lowest BCUT2D eigenvalue weighted by Gasteiger charge is -2.26. The molecule has 0 saturated heterocycles. The number of amides is 1. The Kier molecular flexibility index (Phi) is 4.77. The van der Waals surface area contributed by atoms with E-state index in [0.717, 1.165) is 0 Å². The van der Waals surface area contributed by atoms with Crippen molar-refractivity contribution in [1.29, 1.82) is 0 Å². The second-order valence-corrected chi connectivity index (χ2v) is 4.74. The van der Waals surface area contributed by atoms with E-state index < -0.39 is 24.7 Å². The number of halogens is 2. The van der Waals surface area contributed by atoms with Crippen LogP contribution >= 0.6 is 23.2 Å². The fraction of sp³-hybridized carbons (Fsp3) is 0.364. The van der Waals surface area contributed by atoms with Gasteiger partial charge in [0.1, 0.15) is 0 Å². The molecule has 0 atom stereocenters. The molecule has 0 radical (unpaired) electrons. The normalized spacial score (nSPS) is 11.4. The number of hydrogen-bond donors (Lipinski definition) is 3. The molecule has 0 saturated carbocycles. The summed E-state index contributed by atoms with van der Waals surface area (Å²) in [5, 5.41) is 21.1. The molecule has 0 heterocycles. The Morgan fingerprint density at radius 2 is 1.76 bits per heavy atom. The van der Waals surface area contributed by atoms with E-state index in [0.29, 0.717) is 0 Å². The van der Waals surface area contributed by atoms with Gasteiger partial charge in [0.2, 0.25) is 0 Å². The number of carbonyl (C=O) groups excluding carboxylic acids is 1. The molecule has 1 amide bonds. The smallest absolute Gasteiger partial charge is 0.254 e. The molecule has 1 aromatic rings. The van der Waals surface area contributed by atoms with Crippen molar-refractivity contribution >= 4 is 29.1 Å². The van der Waals surface area contributed by atoms with E-state index in [9.17, 15) is 4.79 Å². The summed E-state index contributed by atoms with van der Waals surface area (Å²) in [6, 6.07) is 4.70. The van der Waals surface area contributed by atoms with Gasteiger partial charge in [-0.25, -0.2) is 0 Å². The molecule has 0 bridgehead atoms. The minimum Gasteiger partial charge on any atom is -0.394 e. The van der Waals surface area contributed by atoms with Crippen LogP contribution in [0.2, 0.25) is 10.0 Å². The van der Waals surface area contributed by atoms with Gasteiger partial charge in [0, 0.05) is 0 Å². The van der Waals surface area contributed by atoms with Gasteiger partial charge in [0.15, 0.2) is 0 Å². The first kappa shape index (κ1) is 14.3. The Morgan fingerprint density at radius 3 is 2.18 bits per heavy atom. The third kappa shape index (κ3) is 3.33. The number of aliphatic hydroxyl groups excluding tert-OH is 2. The molecule has 3 N–H and O–H groups in total. The van der Waals surface area contributed by atoms with Crippen molar-refractivity contribution in [3.63, 3.8) is 0 Å². The zero-order chi connectivity index (χ0) is 13.1. The van der Waals surface area contributed by atoms with Gasteiger partial charge >= 0.3 is 0 Å². The molecule has 1 rings (SSSR count). The third-order valence-electron chi connectivity index (χ3n) is 2.30. The Morgan fingerprint density at radius 1 is 1.29 bits per heavy atom. The fourth-order valence-corrected chi connectivity index (χ4v) is 1.75. The van der Waals surface area contributed by atoms with Crippen LogP contribution in [0.1, 0.15) is 17.3 Å². The molecule has 17 heavy (non-hydrogen) atoms. The highest BCUT2D eigenvalue weighted by Gasteiger charge is 2.26. The van der Waals surface area contributed by atoms with Crippen LogP contribution < -0.4 is 5.32 Å². The van der Waals surface area contributed by atoms with E-state index in [-0.39, 0.29) is 15.6 Å². The first-order valence-corrected chi connectivity index (χ1v) is 5.67. The predicted molar refractivity (Wildman–Crippen MR) is 66.5 cm³/mol. The van der Waals surface area contributed by atoms with Gasteiger partial charge in [-0.1, -0.05) is 29.3 Å². The first-order chi connectivity index (χ1) is 7.93. The van der Waals surface area contributed by atoms with Gasteiger partial charge in [-0.15, -0.1) is 0 Å². The fourth-order valence-electron chi connectivity index (χ4n) is 1.18. The highest BCUT2D eigenvalue weighted by Crippen LogP contribution is 2.24. The highest BCUT2D eigenvalue weighted by molar-refractivity contribution is 6.39. The molecule has 0 aliphatic heterocycles. The van der Waals surface area contributed by atoms with Gasteiger partial charge in [0.05, 0.1) is 34.4 Å². The lowest BCUT2D eigenvalue weighted by atomic mass is 10.0. The van der Waals surface area contributed by atoms with Crippen molar-refractivity contribution in [2.75, 3.05) is 13.2 Å². The van der Waals surface area contributed by atoms with Crippen molar-refractivity contribution in [3.05, 3.63) is 33.8 Å². The van der Waals surface area contributed by atoms with E-state index in [4.69, 9.17) is 33.4 Å². The molecule has 1 aromatic carbocycles. The molecule has 4 nitrogen and oxygen atoms in total. The zero-order valence-electron chi connectivity index (χ0n) is 9.20. The molecule has 0 spiro atoms. The van der Waals surface area contributed by atoms with Crippen LogP contribution in [-0.4, -0.2) is 34.9 Å². The second-order valence-electron chi connectivity index (χ2n) is 3.93. The third-order valence-corrected chi connectivity index (χ3v) is 2.93. The van der Waals surface area contributed by atoms with Crippen molar-refractivity contribution in [2.45, 2.75) is 12.5 Å². The summed E-state index contributed by atoms with van der Waals surface area (Å²) in [6.45, 7) is 0.726. The van der Waals surface area contributed by atoms with E-state index in [1.54, 1.807) is 6.07 Å². The largest absolute Gasteiger partial charge is 0.394 e. The summed E-state index contributed by atoms with van der Waals surface area (Å²) in [5.41, 5.74) is -0.983. The standard InChI is InChI=1S/C11H13Cl2NO3/c1-11(5-15,6-16)14-10(17)9-7(12)3-2-4-8(9)13/h2-4,15-16H,5-6H2,1H3,(H,14,17). The van der Waals surface area contributed by atoms with Crippen molar-refractivity contribution < 1.29 is 15.0 Å². The van der Waals surface area contributed by atoms with Crippen molar-refractivity contribution in [3.8, 4) is 0 Å². The van der Waals surface area contributed by atoms with Crippen molar-refractivity contribution in [2.24, 2.45) is 0 Å². The molecular formula is C11H13Cl2NO3. The quantitative estimate of drug-likeness (QED) is 0.781. The Bertz CT molecular complexity index is 399. The molecule has 0 unspecified atom stereocenters. The summed E-state index contributed by atoms with van der Waals surface area (Å²) in [4.78, 5) is 11.9. The van der Waals surface area contributed by atoms with Crippen LogP contribution in [0.25, 0.3) is 0 Å². The second kappa shape index (κ2) is 5.69. The summed E-state index contributed by atoms with van der Waals surface area (Å²) >= 11 is 11.7. The van der Waals surface area contributed by atoms with Gasteiger partial charge in [0.25, 0.3) is 5.91 Å². The van der Waals surface area contributed by atoms with E-state index in [2.05, 4.69) is 5.32 Å². The molecular weight excluding hydrogens is 265 g/mol. The number of nitrogens with one attached hydrogen (secondary N) is 1. The summed E-state index contributed by atoms with van der Waals surface area (Å²) < 4.78 is 0. The number of benzene rings is 1. The SMILES string of the molecule is CC(CO)(CO)NC(=O)c1c(Cl)cccc1Cl. The maximum absolute atomic E-state index is 11.9. The van der Waals surface area contributed by atoms with E-state index in [1.165, 1.54) is 19.1 Å². The molecule has 0 aliphatic rings. The molecule has 6 heteroatoms.